The molecular weight excluding hydrogens is 544 g/mol. The molecule has 7 aromatic carbocycles. The molecule has 0 unspecified atom stereocenters. The van der Waals surface area contributed by atoms with Gasteiger partial charge in [-0.2, -0.15) is 5.26 Å². The standard InChI is InChI=1S/C43H26N2/c44-27-28-22-39-37-14-4-5-15-41(37)45-42-21-20-36(26-38(42)40(23-28)43(39)45)35-13-7-12-34(25-35)33-11-6-10-32(24-33)31-18-16-30(17-19-31)29-8-2-1-3-9-29/h1-26H. The Morgan fingerprint density at radius 3 is 1.49 bits per heavy atom. The van der Waals surface area contributed by atoms with Crippen LogP contribution in [0.5, 0.6) is 0 Å². The van der Waals surface area contributed by atoms with E-state index in [1.807, 2.05) is 18.2 Å². The third-order valence-electron chi connectivity index (χ3n) is 9.14. The van der Waals surface area contributed by atoms with Crippen molar-refractivity contribution in [2.24, 2.45) is 0 Å². The van der Waals surface area contributed by atoms with Crippen LogP contribution >= 0.6 is 0 Å². The lowest BCUT2D eigenvalue weighted by atomic mass is 9.95. The summed E-state index contributed by atoms with van der Waals surface area (Å²) in [6.07, 6.45) is 0. The molecule has 0 fully saturated rings. The Morgan fingerprint density at radius 2 is 0.822 bits per heavy atom. The molecule has 0 aliphatic rings. The van der Waals surface area contributed by atoms with Crippen LogP contribution in [0.4, 0.5) is 0 Å². The van der Waals surface area contributed by atoms with Crippen LogP contribution in [0.2, 0.25) is 0 Å². The topological polar surface area (TPSA) is 28.2 Å². The molecule has 45 heavy (non-hydrogen) atoms. The number of hydrogen-bond acceptors (Lipinski definition) is 1. The fraction of sp³-hybridized carbons (Fsp3) is 0. The molecule has 0 N–H and O–H groups in total. The Balaban J connectivity index is 1.12. The summed E-state index contributed by atoms with van der Waals surface area (Å²) in [4.78, 5) is 0. The summed E-state index contributed by atoms with van der Waals surface area (Å²) < 4.78 is 2.36. The number of aromatic nitrogens is 1. The minimum Gasteiger partial charge on any atom is -0.308 e. The predicted octanol–water partition coefficient (Wildman–Crippen LogP) is 11.4. The highest BCUT2D eigenvalue weighted by Gasteiger charge is 2.19. The first-order chi connectivity index (χ1) is 22.2. The number of hydrogen-bond donors (Lipinski definition) is 0. The highest BCUT2D eigenvalue weighted by molar-refractivity contribution is 6.24. The average molecular weight is 571 g/mol. The lowest BCUT2D eigenvalue weighted by Gasteiger charge is -2.10. The van der Waals surface area contributed by atoms with Crippen molar-refractivity contribution in [2.75, 3.05) is 0 Å². The van der Waals surface area contributed by atoms with E-state index in [-0.39, 0.29) is 0 Å². The van der Waals surface area contributed by atoms with E-state index in [4.69, 9.17) is 0 Å². The van der Waals surface area contributed by atoms with Crippen molar-refractivity contribution in [1.29, 1.82) is 5.26 Å². The Bertz CT molecular complexity index is 2580. The third kappa shape index (κ3) is 4.03. The number of para-hydroxylation sites is 1. The van der Waals surface area contributed by atoms with Gasteiger partial charge in [0.2, 0.25) is 0 Å². The van der Waals surface area contributed by atoms with Crippen LogP contribution in [0.3, 0.4) is 0 Å². The molecule has 0 aliphatic carbocycles. The van der Waals surface area contributed by atoms with E-state index in [2.05, 4.69) is 150 Å². The zero-order valence-electron chi connectivity index (χ0n) is 24.4. The van der Waals surface area contributed by atoms with Gasteiger partial charge in [0, 0.05) is 21.5 Å². The predicted molar refractivity (Wildman–Crippen MR) is 188 cm³/mol. The molecule has 0 radical (unpaired) electrons. The summed E-state index contributed by atoms with van der Waals surface area (Å²) in [5, 5.41) is 14.5. The Labute approximate surface area is 261 Å². The second-order valence-corrected chi connectivity index (χ2v) is 11.7. The molecule has 9 rings (SSSR count). The van der Waals surface area contributed by atoms with Gasteiger partial charge < -0.3 is 4.40 Å². The molecule has 0 saturated carbocycles. The fourth-order valence-corrected chi connectivity index (χ4v) is 6.99. The van der Waals surface area contributed by atoms with Gasteiger partial charge in [0.05, 0.1) is 28.2 Å². The normalized spacial score (nSPS) is 11.5. The summed E-state index contributed by atoms with van der Waals surface area (Å²) >= 11 is 0. The Kier molecular flexibility index (Phi) is 5.60. The summed E-state index contributed by atoms with van der Waals surface area (Å²) in [7, 11) is 0. The molecule has 0 spiro atoms. The number of rotatable bonds is 4. The van der Waals surface area contributed by atoms with Gasteiger partial charge >= 0.3 is 0 Å². The summed E-state index contributed by atoms with van der Waals surface area (Å²) in [5.41, 5.74) is 13.8. The van der Waals surface area contributed by atoms with Gasteiger partial charge in [-0.15, -0.1) is 0 Å². The van der Waals surface area contributed by atoms with E-state index in [1.165, 1.54) is 60.8 Å². The minimum absolute atomic E-state index is 0.690. The lowest BCUT2D eigenvalue weighted by Crippen LogP contribution is -1.85. The second-order valence-electron chi connectivity index (χ2n) is 11.7. The van der Waals surface area contributed by atoms with Crippen LogP contribution in [0, 0.1) is 11.3 Å². The van der Waals surface area contributed by atoms with Crippen molar-refractivity contribution in [1.82, 2.24) is 4.40 Å². The zero-order valence-corrected chi connectivity index (χ0v) is 24.4. The molecule has 0 atom stereocenters. The quantitative estimate of drug-likeness (QED) is 0.207. The Morgan fingerprint density at radius 1 is 0.356 bits per heavy atom. The van der Waals surface area contributed by atoms with E-state index < -0.39 is 0 Å². The van der Waals surface area contributed by atoms with Crippen molar-refractivity contribution in [2.45, 2.75) is 0 Å². The zero-order chi connectivity index (χ0) is 29.9. The largest absolute Gasteiger partial charge is 0.308 e. The van der Waals surface area contributed by atoms with Crippen molar-refractivity contribution in [3.8, 4) is 50.6 Å². The van der Waals surface area contributed by atoms with E-state index in [0.29, 0.717) is 5.56 Å². The molecule has 2 aromatic heterocycles. The maximum absolute atomic E-state index is 9.86. The summed E-state index contributed by atoms with van der Waals surface area (Å²) in [6.45, 7) is 0. The van der Waals surface area contributed by atoms with Crippen LogP contribution in [0.25, 0.3) is 82.6 Å². The van der Waals surface area contributed by atoms with Gasteiger partial charge in [0.1, 0.15) is 0 Å². The monoisotopic (exact) mass is 570 g/mol. The summed E-state index contributed by atoms with van der Waals surface area (Å²) in [6, 6.07) is 58.6. The lowest BCUT2D eigenvalue weighted by molar-refractivity contribution is 1.37. The molecular formula is C43H26N2. The van der Waals surface area contributed by atoms with Crippen molar-refractivity contribution in [3.05, 3.63) is 163 Å². The third-order valence-corrected chi connectivity index (χ3v) is 9.14. The van der Waals surface area contributed by atoms with Crippen molar-refractivity contribution >= 4 is 38.1 Å². The molecule has 0 amide bonds. The Hall–Kier alpha value is -6.17. The van der Waals surface area contributed by atoms with Crippen LogP contribution in [0.15, 0.2) is 158 Å². The minimum atomic E-state index is 0.690. The van der Waals surface area contributed by atoms with Gasteiger partial charge in [-0.05, 0) is 87.0 Å². The molecule has 0 saturated heterocycles. The molecule has 9 aromatic rings. The van der Waals surface area contributed by atoms with Crippen LogP contribution in [-0.2, 0) is 0 Å². The maximum Gasteiger partial charge on any atom is 0.0992 e. The molecule has 208 valence electrons. The first-order valence-corrected chi connectivity index (χ1v) is 15.2. The number of nitriles is 1. The maximum atomic E-state index is 9.86. The van der Waals surface area contributed by atoms with Crippen LogP contribution < -0.4 is 0 Å². The number of nitrogens with zero attached hydrogens (tertiary/aromatic N) is 2. The van der Waals surface area contributed by atoms with E-state index in [0.717, 1.165) is 21.9 Å². The van der Waals surface area contributed by atoms with E-state index >= 15 is 0 Å². The van der Waals surface area contributed by atoms with E-state index in [9.17, 15) is 5.26 Å². The smallest absolute Gasteiger partial charge is 0.0992 e. The summed E-state index contributed by atoms with van der Waals surface area (Å²) in [5.74, 6) is 0. The van der Waals surface area contributed by atoms with Gasteiger partial charge in [-0.3, -0.25) is 0 Å². The van der Waals surface area contributed by atoms with Gasteiger partial charge in [-0.25, -0.2) is 0 Å². The van der Waals surface area contributed by atoms with E-state index in [1.54, 1.807) is 0 Å². The first-order valence-electron chi connectivity index (χ1n) is 15.2. The van der Waals surface area contributed by atoms with Crippen molar-refractivity contribution in [3.63, 3.8) is 0 Å². The van der Waals surface area contributed by atoms with Crippen molar-refractivity contribution < 1.29 is 0 Å². The number of fused-ring (bicyclic) bond motifs is 6. The highest BCUT2D eigenvalue weighted by Crippen LogP contribution is 2.41. The molecule has 2 heteroatoms. The first kappa shape index (κ1) is 25.3. The number of benzene rings is 7. The highest BCUT2D eigenvalue weighted by atomic mass is 14.9. The SMILES string of the molecule is N#Cc1cc2c3ccccc3n3c4ccc(-c5cccc(-c6cccc(-c7ccc(-c8ccccc8)cc7)c6)c5)cc4c(c1)c23. The molecule has 2 nitrogen and oxygen atoms in total. The molecule has 0 bridgehead atoms. The fourth-order valence-electron chi connectivity index (χ4n) is 6.99. The van der Waals surface area contributed by atoms with Gasteiger partial charge in [0.25, 0.3) is 0 Å². The van der Waals surface area contributed by atoms with Gasteiger partial charge in [0.15, 0.2) is 0 Å². The van der Waals surface area contributed by atoms with Gasteiger partial charge in [-0.1, -0.05) is 115 Å². The average Bonchev–Trinajstić information content (AvgIpc) is 3.63. The van der Waals surface area contributed by atoms with Crippen LogP contribution in [-0.4, -0.2) is 4.40 Å². The second kappa shape index (κ2) is 9.95. The molecule has 2 heterocycles. The molecule has 0 aliphatic heterocycles. The van der Waals surface area contributed by atoms with Crippen LogP contribution in [0.1, 0.15) is 5.56 Å².